The molecule has 0 bridgehead atoms. The molecule has 0 aromatic heterocycles. The summed E-state index contributed by atoms with van der Waals surface area (Å²) in [4.78, 5) is 68.0. The van der Waals surface area contributed by atoms with Crippen molar-refractivity contribution in [2.45, 2.75) is 95.7 Å². The zero-order valence-electron chi connectivity index (χ0n) is 28.9. The van der Waals surface area contributed by atoms with E-state index in [1.165, 1.54) is 0 Å². The van der Waals surface area contributed by atoms with Gasteiger partial charge in [-0.15, -0.1) is 0 Å². The first kappa shape index (κ1) is 39.5. The van der Waals surface area contributed by atoms with E-state index in [0.29, 0.717) is 32.2 Å². The van der Waals surface area contributed by atoms with Crippen LogP contribution >= 0.6 is 0 Å². The molecule has 1 saturated heterocycles. The topological polar surface area (TPSA) is 193 Å². The van der Waals surface area contributed by atoms with Gasteiger partial charge in [-0.25, -0.2) is 0 Å². The first-order valence-corrected chi connectivity index (χ1v) is 17.5. The lowest BCUT2D eigenvalue weighted by molar-refractivity contribution is -0.149. The van der Waals surface area contributed by atoms with Crippen LogP contribution in [-0.2, 0) is 36.8 Å². The fraction of sp³-hybridized carbons (Fsp3) is 0.553. The molecule has 1 aliphatic rings. The second-order valence-corrected chi connectivity index (χ2v) is 13.9. The first-order valence-electron chi connectivity index (χ1n) is 17.5. The summed E-state index contributed by atoms with van der Waals surface area (Å²) in [5.41, 5.74) is 12.0. The number of aliphatic hydroxyl groups excluding tert-OH is 1. The highest BCUT2D eigenvalue weighted by molar-refractivity contribution is 5.94. The van der Waals surface area contributed by atoms with Gasteiger partial charge in [-0.2, -0.15) is 0 Å². The van der Waals surface area contributed by atoms with E-state index in [1.54, 1.807) is 4.90 Å². The molecule has 0 spiro atoms. The Kier molecular flexibility index (Phi) is 15.6. The molecular weight excluding hydrogens is 624 g/mol. The maximum Gasteiger partial charge on any atom is 0.323 e. The highest BCUT2D eigenvalue weighted by atomic mass is 16.4. The van der Waals surface area contributed by atoms with E-state index in [-0.39, 0.29) is 69.2 Å². The molecule has 268 valence electrons. The number of likely N-dealkylation sites (tertiary alicyclic amines) is 1. The summed E-state index contributed by atoms with van der Waals surface area (Å²) in [6.45, 7) is 4.69. The Morgan fingerprint density at radius 2 is 1.39 bits per heavy atom. The largest absolute Gasteiger partial charge is 0.480 e. The van der Waals surface area contributed by atoms with Gasteiger partial charge in [0.1, 0.15) is 11.6 Å². The van der Waals surface area contributed by atoms with Crippen molar-refractivity contribution in [1.82, 2.24) is 10.2 Å². The third kappa shape index (κ3) is 12.5. The Morgan fingerprint density at radius 3 is 1.92 bits per heavy atom. The Balaban J connectivity index is 1.77. The number of carbonyl (C=O) groups excluding carboxylic acids is 4. The van der Waals surface area contributed by atoms with Gasteiger partial charge in [-0.1, -0.05) is 80.9 Å². The number of hydrogen-bond donors (Lipinski definition) is 5. The number of amides is 2. The number of hydrogen-bond acceptors (Lipinski definition) is 8. The van der Waals surface area contributed by atoms with Gasteiger partial charge in [0.15, 0.2) is 11.6 Å². The SMILES string of the molecule is CC(C)C[C@@H](NC(=O)[C@H](CC(=O)[C@H](O)Cc1ccccc1)Cc1ccccc1)C(=O)C[C@H](CCCCN)C(=O)N1CCC(N)(C(=O)O)CC1. The molecule has 1 heterocycles. The van der Waals surface area contributed by atoms with Gasteiger partial charge in [0.2, 0.25) is 11.8 Å². The number of carbonyl (C=O) groups is 5. The molecule has 2 aromatic carbocycles. The van der Waals surface area contributed by atoms with E-state index in [9.17, 15) is 34.2 Å². The van der Waals surface area contributed by atoms with Gasteiger partial charge in [-0.05, 0) is 62.1 Å². The van der Waals surface area contributed by atoms with E-state index in [4.69, 9.17) is 11.5 Å². The average Bonchev–Trinajstić information content (AvgIpc) is 3.07. The first-order chi connectivity index (χ1) is 23.3. The number of ketones is 2. The van der Waals surface area contributed by atoms with Crippen molar-refractivity contribution in [3.63, 3.8) is 0 Å². The van der Waals surface area contributed by atoms with Crippen molar-refractivity contribution in [3.05, 3.63) is 71.8 Å². The van der Waals surface area contributed by atoms with Gasteiger partial charge >= 0.3 is 5.97 Å². The quantitative estimate of drug-likeness (QED) is 0.131. The zero-order chi connectivity index (χ0) is 36.0. The van der Waals surface area contributed by atoms with Crippen LogP contribution in [0, 0.1) is 17.8 Å². The molecule has 0 unspecified atom stereocenters. The van der Waals surface area contributed by atoms with Crippen molar-refractivity contribution < 1.29 is 34.2 Å². The number of unbranched alkanes of at least 4 members (excludes halogenated alkanes) is 1. The number of carboxylic acids is 1. The number of nitrogens with zero attached hydrogens (tertiary/aromatic N) is 1. The summed E-state index contributed by atoms with van der Waals surface area (Å²) in [6.07, 6.45) is 1.12. The van der Waals surface area contributed by atoms with Crippen LogP contribution in [0.3, 0.4) is 0 Å². The lowest BCUT2D eigenvalue weighted by Gasteiger charge is -2.38. The number of benzene rings is 2. The van der Waals surface area contributed by atoms with Crippen LogP contribution in [0.25, 0.3) is 0 Å². The molecule has 7 N–H and O–H groups in total. The van der Waals surface area contributed by atoms with Crippen molar-refractivity contribution in [2.75, 3.05) is 19.6 Å². The maximum atomic E-state index is 13.9. The minimum atomic E-state index is -1.39. The summed E-state index contributed by atoms with van der Waals surface area (Å²) >= 11 is 0. The number of nitrogens with two attached hydrogens (primary N) is 2. The van der Waals surface area contributed by atoms with E-state index >= 15 is 0 Å². The lowest BCUT2D eigenvalue weighted by Crippen LogP contribution is -2.57. The number of piperidine rings is 1. The van der Waals surface area contributed by atoms with Gasteiger partial charge in [-0.3, -0.25) is 24.0 Å². The molecule has 4 atom stereocenters. The summed E-state index contributed by atoms with van der Waals surface area (Å²) in [6, 6.07) is 17.6. The number of aliphatic carboxylic acids is 1. The van der Waals surface area contributed by atoms with Gasteiger partial charge in [0, 0.05) is 44.2 Å². The molecule has 0 radical (unpaired) electrons. The van der Waals surface area contributed by atoms with Crippen molar-refractivity contribution in [2.24, 2.45) is 29.2 Å². The molecule has 11 heteroatoms. The molecule has 0 aliphatic carbocycles. The van der Waals surface area contributed by atoms with Crippen LogP contribution in [0.2, 0.25) is 0 Å². The molecule has 1 fully saturated rings. The zero-order valence-corrected chi connectivity index (χ0v) is 28.9. The smallest absolute Gasteiger partial charge is 0.323 e. The normalized spacial score (nSPS) is 16.7. The van der Waals surface area contributed by atoms with Crippen molar-refractivity contribution >= 4 is 29.4 Å². The highest BCUT2D eigenvalue weighted by Crippen LogP contribution is 2.25. The van der Waals surface area contributed by atoms with E-state index in [2.05, 4.69) is 5.32 Å². The number of aliphatic hydroxyl groups is 1. The third-order valence-electron chi connectivity index (χ3n) is 9.40. The predicted molar refractivity (Wildman–Crippen MR) is 187 cm³/mol. The molecule has 1 aliphatic heterocycles. The highest BCUT2D eigenvalue weighted by Gasteiger charge is 2.40. The summed E-state index contributed by atoms with van der Waals surface area (Å²) in [5.74, 6) is -3.97. The third-order valence-corrected chi connectivity index (χ3v) is 9.40. The van der Waals surface area contributed by atoms with Gasteiger partial charge in [0.25, 0.3) is 0 Å². The van der Waals surface area contributed by atoms with Crippen LogP contribution < -0.4 is 16.8 Å². The van der Waals surface area contributed by atoms with E-state index < -0.39 is 47.2 Å². The number of nitrogens with one attached hydrogen (secondary N) is 1. The average molecular weight is 679 g/mol. The summed E-state index contributed by atoms with van der Waals surface area (Å²) in [5, 5.41) is 23.2. The maximum absolute atomic E-state index is 13.9. The standard InChI is InChI=1S/C38H54N4O7/c1-26(2)21-31(32(43)24-29(15-9-10-18-39)36(47)42-19-16-38(40,17-20-42)37(48)49)41-35(46)30(22-27-11-5-3-6-12-27)25-34(45)33(44)23-28-13-7-4-8-14-28/h3-8,11-14,26,29-31,33,44H,9-10,15-25,39-40H2,1-2H3,(H,41,46)(H,48,49)/t29-,30-,31+,33+/m0/s1. The monoisotopic (exact) mass is 678 g/mol. The van der Waals surface area contributed by atoms with E-state index in [0.717, 1.165) is 11.1 Å². The molecule has 49 heavy (non-hydrogen) atoms. The molecule has 11 nitrogen and oxygen atoms in total. The Morgan fingerprint density at radius 1 is 0.837 bits per heavy atom. The molecular formula is C38H54N4O7. The summed E-state index contributed by atoms with van der Waals surface area (Å²) < 4.78 is 0. The van der Waals surface area contributed by atoms with Crippen LogP contribution in [0.1, 0.15) is 76.3 Å². The predicted octanol–water partition coefficient (Wildman–Crippen LogP) is 3.05. The van der Waals surface area contributed by atoms with Crippen LogP contribution in [0.5, 0.6) is 0 Å². The summed E-state index contributed by atoms with van der Waals surface area (Å²) in [7, 11) is 0. The molecule has 2 amide bonds. The number of rotatable bonds is 20. The van der Waals surface area contributed by atoms with Gasteiger partial charge in [0.05, 0.1) is 6.04 Å². The Hall–Kier alpha value is -3.93. The van der Waals surface area contributed by atoms with Crippen LogP contribution in [-0.4, -0.2) is 81.8 Å². The van der Waals surface area contributed by atoms with Crippen molar-refractivity contribution in [1.29, 1.82) is 0 Å². The second kappa shape index (κ2) is 19.3. The number of carboxylic acid groups (broad SMARTS) is 1. The fourth-order valence-electron chi connectivity index (χ4n) is 6.35. The van der Waals surface area contributed by atoms with Crippen LogP contribution in [0.15, 0.2) is 60.7 Å². The van der Waals surface area contributed by atoms with E-state index in [1.807, 2.05) is 74.5 Å². The molecule has 2 aromatic rings. The Bertz CT molecular complexity index is 1380. The van der Waals surface area contributed by atoms with Gasteiger partial charge < -0.3 is 31.9 Å². The van der Waals surface area contributed by atoms with Crippen LogP contribution in [0.4, 0.5) is 0 Å². The molecule has 3 rings (SSSR count). The lowest BCUT2D eigenvalue weighted by atomic mass is 9.86. The second-order valence-electron chi connectivity index (χ2n) is 13.9. The Labute approximate surface area is 289 Å². The minimum absolute atomic E-state index is 0.0401. The number of Topliss-reactive ketones (excluding diaryl/α,β-unsaturated/α-hetero) is 2. The molecule has 0 saturated carbocycles. The van der Waals surface area contributed by atoms with Crippen molar-refractivity contribution in [3.8, 4) is 0 Å². The minimum Gasteiger partial charge on any atom is -0.480 e. The fourth-order valence-corrected chi connectivity index (χ4v) is 6.35.